The predicted molar refractivity (Wildman–Crippen MR) is 67.9 cm³/mol. The number of halogens is 2. The third-order valence-electron chi connectivity index (χ3n) is 2.71. The smallest absolute Gasteiger partial charge is 0.315 e. The van der Waals surface area contributed by atoms with E-state index in [1.165, 1.54) is 0 Å². The van der Waals surface area contributed by atoms with Crippen molar-refractivity contribution in [3.05, 3.63) is 29.8 Å². The molecule has 0 bridgehead atoms. The first kappa shape index (κ1) is 14.4. The van der Waals surface area contributed by atoms with Crippen LogP contribution in [0.25, 0.3) is 0 Å². The molecule has 1 amide bonds. The number of hydrogen-bond acceptors (Lipinski definition) is 2. The number of nitrogens with zero attached hydrogens (tertiary/aromatic N) is 2. The van der Waals surface area contributed by atoms with Gasteiger partial charge in [-0.1, -0.05) is 12.1 Å². The van der Waals surface area contributed by atoms with Crippen molar-refractivity contribution in [2.75, 3.05) is 25.5 Å². The molecular weight excluding hydrogens is 238 g/mol. The second kappa shape index (κ2) is 6.33. The van der Waals surface area contributed by atoms with Gasteiger partial charge in [-0.2, -0.15) is 8.78 Å². The average molecular weight is 256 g/mol. The Morgan fingerprint density at radius 2 is 1.78 bits per heavy atom. The van der Waals surface area contributed by atoms with Gasteiger partial charge in [0.1, 0.15) is 0 Å². The number of anilines is 1. The van der Waals surface area contributed by atoms with Crippen LogP contribution in [0.4, 0.5) is 14.5 Å². The molecule has 0 aromatic heterocycles. The van der Waals surface area contributed by atoms with E-state index in [9.17, 15) is 13.6 Å². The monoisotopic (exact) mass is 256 g/mol. The molecule has 1 rings (SSSR count). The van der Waals surface area contributed by atoms with Crippen molar-refractivity contribution in [2.24, 2.45) is 0 Å². The third-order valence-corrected chi connectivity index (χ3v) is 2.71. The molecule has 0 atom stereocenters. The molecule has 0 N–H and O–H groups in total. The van der Waals surface area contributed by atoms with Crippen LogP contribution < -0.4 is 4.90 Å². The van der Waals surface area contributed by atoms with Crippen molar-refractivity contribution < 1.29 is 13.6 Å². The lowest BCUT2D eigenvalue weighted by Crippen LogP contribution is -2.34. The Kier molecular flexibility index (Phi) is 5.07. The van der Waals surface area contributed by atoms with E-state index in [1.807, 2.05) is 43.3 Å². The van der Waals surface area contributed by atoms with Crippen molar-refractivity contribution in [1.29, 1.82) is 0 Å². The molecule has 18 heavy (non-hydrogen) atoms. The fourth-order valence-corrected chi connectivity index (χ4v) is 1.60. The molecule has 0 heterocycles. The Labute approximate surface area is 106 Å². The van der Waals surface area contributed by atoms with Crippen LogP contribution in [0.5, 0.6) is 0 Å². The van der Waals surface area contributed by atoms with Gasteiger partial charge in [0.2, 0.25) is 0 Å². The van der Waals surface area contributed by atoms with Gasteiger partial charge in [-0.05, 0) is 24.6 Å². The highest BCUT2D eigenvalue weighted by molar-refractivity contribution is 5.79. The molecule has 0 unspecified atom stereocenters. The van der Waals surface area contributed by atoms with Crippen LogP contribution in [-0.4, -0.2) is 37.9 Å². The SMILES string of the molecule is CCN(Cc1ccc(N(C)C)cc1)C(=O)C(F)F. The van der Waals surface area contributed by atoms with Gasteiger partial charge in [-0.25, -0.2) is 0 Å². The fraction of sp³-hybridized carbons (Fsp3) is 0.462. The summed E-state index contributed by atoms with van der Waals surface area (Å²) >= 11 is 0. The minimum Gasteiger partial charge on any atom is -0.378 e. The van der Waals surface area contributed by atoms with E-state index in [-0.39, 0.29) is 13.1 Å². The Balaban J connectivity index is 2.73. The highest BCUT2D eigenvalue weighted by Gasteiger charge is 2.21. The van der Waals surface area contributed by atoms with Crippen LogP contribution >= 0.6 is 0 Å². The van der Waals surface area contributed by atoms with E-state index >= 15 is 0 Å². The largest absolute Gasteiger partial charge is 0.378 e. The molecule has 0 saturated heterocycles. The minimum atomic E-state index is -2.94. The first-order chi connectivity index (χ1) is 8.45. The molecule has 0 aliphatic rings. The fourth-order valence-electron chi connectivity index (χ4n) is 1.60. The van der Waals surface area contributed by atoms with Crippen LogP contribution in [0.3, 0.4) is 0 Å². The van der Waals surface area contributed by atoms with Crippen molar-refractivity contribution in [2.45, 2.75) is 19.9 Å². The summed E-state index contributed by atoms with van der Waals surface area (Å²) in [6, 6.07) is 7.49. The first-order valence-corrected chi connectivity index (χ1v) is 5.79. The Hall–Kier alpha value is -1.65. The van der Waals surface area contributed by atoms with Gasteiger partial charge in [-0.15, -0.1) is 0 Å². The van der Waals surface area contributed by atoms with Crippen LogP contribution in [0, 0.1) is 0 Å². The van der Waals surface area contributed by atoms with Crippen LogP contribution in [0.1, 0.15) is 12.5 Å². The summed E-state index contributed by atoms with van der Waals surface area (Å²) in [5, 5.41) is 0. The maximum absolute atomic E-state index is 12.3. The standard InChI is InChI=1S/C13H18F2N2O/c1-4-17(13(18)12(14)15)9-10-5-7-11(8-6-10)16(2)3/h5-8,12H,4,9H2,1-3H3. The third kappa shape index (κ3) is 3.68. The predicted octanol–water partition coefficient (Wildman–Crippen LogP) is 2.37. The van der Waals surface area contributed by atoms with Gasteiger partial charge in [0.05, 0.1) is 0 Å². The number of alkyl halides is 2. The molecule has 5 heteroatoms. The van der Waals surface area contributed by atoms with Gasteiger partial charge in [0, 0.05) is 32.9 Å². The van der Waals surface area contributed by atoms with Crippen molar-refractivity contribution in [3.63, 3.8) is 0 Å². The minimum absolute atomic E-state index is 0.216. The normalized spacial score (nSPS) is 10.6. The summed E-state index contributed by atoms with van der Waals surface area (Å²) in [7, 11) is 3.85. The van der Waals surface area contributed by atoms with Crippen LogP contribution in [0.2, 0.25) is 0 Å². The molecule has 100 valence electrons. The van der Waals surface area contributed by atoms with Crippen molar-refractivity contribution in [1.82, 2.24) is 4.90 Å². The maximum atomic E-state index is 12.3. The highest BCUT2D eigenvalue weighted by Crippen LogP contribution is 2.14. The number of carbonyl (C=O) groups excluding carboxylic acids is 1. The lowest BCUT2D eigenvalue weighted by molar-refractivity contribution is -0.143. The van der Waals surface area contributed by atoms with Crippen molar-refractivity contribution >= 4 is 11.6 Å². The number of rotatable bonds is 5. The quantitative estimate of drug-likeness (QED) is 0.807. The zero-order chi connectivity index (χ0) is 13.7. The van der Waals surface area contributed by atoms with Crippen LogP contribution in [-0.2, 0) is 11.3 Å². The van der Waals surface area contributed by atoms with E-state index in [0.29, 0.717) is 0 Å². The highest BCUT2D eigenvalue weighted by atomic mass is 19.3. The molecule has 0 aliphatic carbocycles. The molecule has 0 saturated carbocycles. The summed E-state index contributed by atoms with van der Waals surface area (Å²) in [5.41, 5.74) is 1.87. The summed E-state index contributed by atoms with van der Waals surface area (Å²) in [6.07, 6.45) is -2.94. The van der Waals surface area contributed by atoms with E-state index in [4.69, 9.17) is 0 Å². The second-order valence-electron chi connectivity index (χ2n) is 4.21. The molecule has 0 spiro atoms. The lowest BCUT2D eigenvalue weighted by Gasteiger charge is -2.21. The lowest BCUT2D eigenvalue weighted by atomic mass is 10.2. The van der Waals surface area contributed by atoms with Gasteiger partial charge in [-0.3, -0.25) is 4.79 Å². The molecule has 0 fully saturated rings. The zero-order valence-electron chi connectivity index (χ0n) is 10.9. The number of carbonyl (C=O) groups is 1. The number of benzene rings is 1. The summed E-state index contributed by atoms with van der Waals surface area (Å²) in [5.74, 6) is -1.12. The molecule has 0 radical (unpaired) electrons. The van der Waals surface area contributed by atoms with Gasteiger partial charge in [0.25, 0.3) is 5.91 Å². The summed E-state index contributed by atoms with van der Waals surface area (Å²) in [4.78, 5) is 14.3. The molecule has 3 nitrogen and oxygen atoms in total. The summed E-state index contributed by atoms with van der Waals surface area (Å²) < 4.78 is 24.7. The van der Waals surface area contributed by atoms with Gasteiger partial charge in [0.15, 0.2) is 0 Å². The van der Waals surface area contributed by atoms with Gasteiger partial charge >= 0.3 is 6.43 Å². The first-order valence-electron chi connectivity index (χ1n) is 5.79. The average Bonchev–Trinajstić information content (AvgIpc) is 2.35. The van der Waals surface area contributed by atoms with E-state index in [0.717, 1.165) is 16.2 Å². The second-order valence-corrected chi connectivity index (χ2v) is 4.21. The van der Waals surface area contributed by atoms with Crippen LogP contribution in [0.15, 0.2) is 24.3 Å². The molecule has 1 aromatic rings. The Bertz CT molecular complexity index is 390. The van der Waals surface area contributed by atoms with E-state index in [1.54, 1.807) is 6.92 Å². The maximum Gasteiger partial charge on any atom is 0.315 e. The van der Waals surface area contributed by atoms with Gasteiger partial charge < -0.3 is 9.80 Å². The summed E-state index contributed by atoms with van der Waals surface area (Å²) in [6.45, 7) is 2.18. The zero-order valence-corrected chi connectivity index (χ0v) is 10.9. The molecule has 0 aliphatic heterocycles. The number of hydrogen-bond donors (Lipinski definition) is 0. The number of amides is 1. The van der Waals surface area contributed by atoms with E-state index < -0.39 is 12.3 Å². The topological polar surface area (TPSA) is 23.6 Å². The Morgan fingerprint density at radius 3 is 2.17 bits per heavy atom. The van der Waals surface area contributed by atoms with E-state index in [2.05, 4.69) is 0 Å². The Morgan fingerprint density at radius 1 is 1.22 bits per heavy atom. The molecule has 1 aromatic carbocycles. The van der Waals surface area contributed by atoms with Crippen molar-refractivity contribution in [3.8, 4) is 0 Å². The molecular formula is C13H18F2N2O.